The number of ketones is 1. The molecule has 0 saturated heterocycles. The lowest BCUT2D eigenvalue weighted by Gasteiger charge is -2.37. The van der Waals surface area contributed by atoms with E-state index in [2.05, 4.69) is 38.8 Å². The third-order valence-corrected chi connectivity index (χ3v) is 13.5. The van der Waals surface area contributed by atoms with Crippen molar-refractivity contribution < 1.29 is 33.4 Å². The normalized spacial score (nSPS) is 22.1. The molecule has 61 heavy (non-hydrogen) atoms. The molecule has 8 nitrogen and oxygen atoms in total. The second-order valence-electron chi connectivity index (χ2n) is 18.8. The van der Waals surface area contributed by atoms with Crippen molar-refractivity contribution in [2.24, 2.45) is 17.3 Å². The summed E-state index contributed by atoms with van der Waals surface area (Å²) in [4.78, 5) is 60.2. The molecule has 5 atom stereocenters. The summed E-state index contributed by atoms with van der Waals surface area (Å²) in [6.07, 6.45) is 27.0. The molecule has 0 aromatic carbocycles. The second kappa shape index (κ2) is 31.1. The summed E-state index contributed by atoms with van der Waals surface area (Å²) in [6.45, 7) is 17.9. The Hall–Kier alpha value is -2.81. The maximum Gasteiger partial charge on any atom is 0.310 e. The van der Waals surface area contributed by atoms with Crippen molar-refractivity contribution in [1.29, 1.82) is 0 Å². The van der Waals surface area contributed by atoms with E-state index in [0.717, 1.165) is 74.1 Å². The van der Waals surface area contributed by atoms with Gasteiger partial charge < -0.3 is 14.2 Å². The zero-order valence-corrected chi connectivity index (χ0v) is 41.0. The van der Waals surface area contributed by atoms with Gasteiger partial charge in [0.1, 0.15) is 24.1 Å². The maximum absolute atomic E-state index is 14.7. The Morgan fingerprint density at radius 1 is 0.803 bits per heavy atom. The predicted octanol–water partition coefficient (Wildman–Crippen LogP) is 14.6. The largest absolute Gasteiger partial charge is 0.461 e. The van der Waals surface area contributed by atoms with Gasteiger partial charge in [-0.2, -0.15) is 0 Å². The van der Waals surface area contributed by atoms with Gasteiger partial charge >= 0.3 is 17.9 Å². The lowest BCUT2D eigenvalue weighted by molar-refractivity contribution is -0.168. The topological polar surface area (TPSA) is 109 Å². The number of hydrogen-bond donors (Lipinski definition) is 0. The molecular formula is C52H87NO7S. The highest BCUT2D eigenvalue weighted by Gasteiger charge is 2.46. The number of thiazole rings is 1. The van der Waals surface area contributed by atoms with Crippen LogP contribution in [0, 0.1) is 24.2 Å². The SMILES string of the molecule is CCCCCCCCCCCCC(=O)O[C@H]1[C@H](C)CCCC(C)=CC[C@@H](C(C)=Cc2csc(C)n2)OC(=O)C[C@H](OC(=O)CCCCCCCCCCC)C(C)(C)C(=O)[C@@H]1C. The van der Waals surface area contributed by atoms with E-state index in [1.807, 2.05) is 32.2 Å². The first-order valence-corrected chi connectivity index (χ1v) is 25.5. The Morgan fingerprint density at radius 2 is 1.31 bits per heavy atom. The minimum atomic E-state index is -1.26. The van der Waals surface area contributed by atoms with Crippen LogP contribution in [0.3, 0.4) is 0 Å². The van der Waals surface area contributed by atoms with Gasteiger partial charge in [0.05, 0.1) is 28.5 Å². The van der Waals surface area contributed by atoms with Crippen LogP contribution in [0.15, 0.2) is 22.6 Å². The standard InChI is InChI=1S/C52H87NO7S/c1-10-12-14-16-18-20-22-24-26-28-33-48(55)60-50-40(4)31-29-30-39(3)34-35-45(41(5)36-44-38-61-43(7)53-44)58-49(56)37-46(52(8,9)51(57)42(50)6)59-47(54)32-27-25-23-21-19-17-15-13-11-2/h34,36,38,40,42,45-46,50H,10-33,35,37H2,1-9H3/t40-,42-,45+,46+,50+/m1/s1. The van der Waals surface area contributed by atoms with E-state index in [9.17, 15) is 19.2 Å². The molecule has 348 valence electrons. The molecule has 0 N–H and O–H groups in total. The molecule has 0 spiro atoms. The number of carbonyl (C=O) groups excluding carboxylic acids is 4. The summed E-state index contributed by atoms with van der Waals surface area (Å²) in [5, 5.41) is 2.94. The number of cyclic esters (lactones) is 1. The molecule has 0 fully saturated rings. The number of ether oxygens (including phenoxy) is 3. The highest BCUT2D eigenvalue weighted by atomic mass is 32.1. The fraction of sp³-hybridized carbons (Fsp3) is 0.788. The van der Waals surface area contributed by atoms with Crippen LogP contribution in [-0.4, -0.2) is 47.0 Å². The minimum Gasteiger partial charge on any atom is -0.461 e. The zero-order valence-electron chi connectivity index (χ0n) is 40.2. The fourth-order valence-corrected chi connectivity index (χ4v) is 9.12. The lowest BCUT2D eigenvalue weighted by atomic mass is 9.72. The first kappa shape index (κ1) is 54.3. The van der Waals surface area contributed by atoms with Crippen LogP contribution in [0.2, 0.25) is 0 Å². The van der Waals surface area contributed by atoms with Gasteiger partial charge in [-0.25, -0.2) is 4.98 Å². The van der Waals surface area contributed by atoms with Crippen molar-refractivity contribution in [3.8, 4) is 0 Å². The van der Waals surface area contributed by atoms with E-state index in [1.165, 1.54) is 82.6 Å². The number of esters is 3. The molecule has 2 rings (SSSR count). The van der Waals surface area contributed by atoms with Gasteiger partial charge in [-0.3, -0.25) is 19.2 Å². The molecular weight excluding hydrogens is 783 g/mol. The number of nitrogens with zero attached hydrogens (tertiary/aromatic N) is 1. The predicted molar refractivity (Wildman–Crippen MR) is 252 cm³/mol. The first-order valence-electron chi connectivity index (χ1n) is 24.6. The van der Waals surface area contributed by atoms with Gasteiger partial charge in [-0.15, -0.1) is 11.3 Å². The minimum absolute atomic E-state index is 0.0794. The number of aryl methyl sites for hydroxylation is 1. The number of aromatic nitrogens is 1. The number of allylic oxidation sites excluding steroid dienone is 1. The summed E-state index contributed by atoms with van der Waals surface area (Å²) in [7, 11) is 0. The summed E-state index contributed by atoms with van der Waals surface area (Å²) < 4.78 is 18.6. The smallest absolute Gasteiger partial charge is 0.310 e. The molecule has 1 aromatic heterocycles. The second-order valence-corrected chi connectivity index (χ2v) is 19.9. The van der Waals surface area contributed by atoms with E-state index in [4.69, 9.17) is 14.2 Å². The van der Waals surface area contributed by atoms with Crippen LogP contribution in [0.1, 0.15) is 233 Å². The Balaban J connectivity index is 2.28. The Morgan fingerprint density at radius 3 is 1.82 bits per heavy atom. The monoisotopic (exact) mass is 870 g/mol. The molecule has 0 aliphatic carbocycles. The lowest BCUT2D eigenvalue weighted by Crippen LogP contribution is -2.48. The molecule has 1 aliphatic heterocycles. The van der Waals surface area contributed by atoms with Gasteiger partial charge in [-0.05, 0) is 84.3 Å². The Kier molecular flexibility index (Phi) is 27.7. The molecule has 0 radical (unpaired) electrons. The Bertz CT molecular complexity index is 1480. The molecule has 0 amide bonds. The average Bonchev–Trinajstić information content (AvgIpc) is 3.63. The van der Waals surface area contributed by atoms with Crippen LogP contribution in [0.25, 0.3) is 6.08 Å². The zero-order chi connectivity index (χ0) is 45.0. The fourth-order valence-electron chi connectivity index (χ4n) is 8.55. The van der Waals surface area contributed by atoms with Crippen molar-refractivity contribution >= 4 is 41.1 Å². The van der Waals surface area contributed by atoms with Crippen molar-refractivity contribution in [2.75, 3.05) is 0 Å². The number of rotatable bonds is 25. The summed E-state index contributed by atoms with van der Waals surface area (Å²) in [5.74, 6) is -2.17. The quantitative estimate of drug-likeness (QED) is 0.0414. The van der Waals surface area contributed by atoms with E-state index >= 15 is 0 Å². The summed E-state index contributed by atoms with van der Waals surface area (Å²) in [6, 6.07) is 0. The van der Waals surface area contributed by atoms with Crippen molar-refractivity contribution in [3.05, 3.63) is 33.3 Å². The number of hydrogen-bond acceptors (Lipinski definition) is 9. The van der Waals surface area contributed by atoms with Crippen LogP contribution in [-0.2, 0) is 33.4 Å². The average molecular weight is 870 g/mol. The summed E-state index contributed by atoms with van der Waals surface area (Å²) in [5.41, 5.74) is 1.60. The Labute approximate surface area is 376 Å². The molecule has 1 aliphatic rings. The highest BCUT2D eigenvalue weighted by Crippen LogP contribution is 2.36. The molecule has 0 saturated carbocycles. The van der Waals surface area contributed by atoms with Gasteiger partial charge in [0.2, 0.25) is 0 Å². The number of carbonyl (C=O) groups is 4. The number of Topliss-reactive ketones (excluding diaryl/α,β-unsaturated/α-hetero) is 1. The van der Waals surface area contributed by atoms with Gasteiger partial charge in [0, 0.05) is 24.6 Å². The van der Waals surface area contributed by atoms with Gasteiger partial charge in [0.25, 0.3) is 0 Å². The van der Waals surface area contributed by atoms with E-state index < -0.39 is 41.6 Å². The van der Waals surface area contributed by atoms with E-state index in [0.29, 0.717) is 19.3 Å². The van der Waals surface area contributed by atoms with Crippen LogP contribution >= 0.6 is 11.3 Å². The van der Waals surface area contributed by atoms with Crippen molar-refractivity contribution in [3.63, 3.8) is 0 Å². The van der Waals surface area contributed by atoms with Crippen molar-refractivity contribution in [1.82, 2.24) is 4.98 Å². The third-order valence-electron chi connectivity index (χ3n) is 12.7. The molecule has 2 heterocycles. The van der Waals surface area contributed by atoms with Gasteiger partial charge in [-0.1, -0.05) is 148 Å². The molecule has 1 aromatic rings. The molecule has 0 bridgehead atoms. The van der Waals surface area contributed by atoms with E-state index in [-0.39, 0.29) is 30.5 Å². The maximum atomic E-state index is 14.7. The van der Waals surface area contributed by atoms with Crippen LogP contribution in [0.4, 0.5) is 0 Å². The van der Waals surface area contributed by atoms with Gasteiger partial charge in [0.15, 0.2) is 0 Å². The van der Waals surface area contributed by atoms with Crippen LogP contribution in [0.5, 0.6) is 0 Å². The summed E-state index contributed by atoms with van der Waals surface area (Å²) >= 11 is 1.57. The van der Waals surface area contributed by atoms with Crippen LogP contribution < -0.4 is 0 Å². The number of unbranched alkanes of at least 4 members (excludes halogenated alkanes) is 17. The highest BCUT2D eigenvalue weighted by molar-refractivity contribution is 7.09. The molecule has 0 unspecified atom stereocenters. The van der Waals surface area contributed by atoms with Crippen molar-refractivity contribution in [2.45, 2.75) is 248 Å². The molecule has 9 heteroatoms. The van der Waals surface area contributed by atoms with E-state index in [1.54, 1.807) is 25.2 Å². The first-order chi connectivity index (χ1) is 29.2. The third kappa shape index (κ3) is 22.4.